The normalized spacial score (nSPS) is 20.2. The molecular formula is C36H46ClN3O8S. The molecule has 0 aliphatic carbocycles. The Balaban J connectivity index is 1.62. The highest BCUT2D eigenvalue weighted by atomic mass is 35.5. The van der Waals surface area contributed by atoms with Crippen LogP contribution in [0.15, 0.2) is 71.6 Å². The molecule has 1 aliphatic heterocycles. The van der Waals surface area contributed by atoms with Crippen LogP contribution in [0.2, 0.25) is 5.02 Å². The number of benzene rings is 3. The van der Waals surface area contributed by atoms with Gasteiger partial charge in [-0.15, -0.1) is 0 Å². The smallest absolute Gasteiger partial charge is 0.335 e. The number of halogens is 1. The molecule has 3 N–H and O–H groups in total. The van der Waals surface area contributed by atoms with Crippen LogP contribution in [-0.2, 0) is 21.3 Å². The van der Waals surface area contributed by atoms with E-state index in [-0.39, 0.29) is 53.0 Å². The second-order valence-corrected chi connectivity index (χ2v) is 14.9. The van der Waals surface area contributed by atoms with Gasteiger partial charge in [0.25, 0.3) is 15.9 Å². The van der Waals surface area contributed by atoms with Crippen molar-refractivity contribution in [3.63, 3.8) is 0 Å². The highest BCUT2D eigenvalue weighted by Crippen LogP contribution is 2.30. The number of aliphatic hydroxyl groups is 1. The number of fused-ring (bicyclic) bond motifs is 1. The van der Waals surface area contributed by atoms with Crippen LogP contribution >= 0.6 is 11.6 Å². The molecule has 3 aromatic carbocycles. The molecule has 0 bridgehead atoms. The van der Waals surface area contributed by atoms with E-state index in [1.165, 1.54) is 30.3 Å². The first-order valence-corrected chi connectivity index (χ1v) is 18.3. The van der Waals surface area contributed by atoms with Crippen molar-refractivity contribution in [2.24, 2.45) is 5.92 Å². The van der Waals surface area contributed by atoms with Gasteiger partial charge in [-0.3, -0.25) is 14.4 Å². The molecule has 0 fully saturated rings. The Morgan fingerprint density at radius 2 is 1.78 bits per heavy atom. The van der Waals surface area contributed by atoms with Crippen molar-refractivity contribution in [3.05, 3.63) is 88.4 Å². The fraction of sp³-hybridized carbons (Fsp3) is 0.444. The number of aliphatic hydroxyl groups excluding tert-OH is 1. The number of carbonyl (C=O) groups excluding carboxylic acids is 1. The van der Waals surface area contributed by atoms with Crippen molar-refractivity contribution in [3.8, 4) is 5.75 Å². The third kappa shape index (κ3) is 10.7. The Labute approximate surface area is 293 Å². The number of carboxylic acid groups (broad SMARTS) is 1. The Morgan fingerprint density at radius 3 is 2.43 bits per heavy atom. The summed E-state index contributed by atoms with van der Waals surface area (Å²) < 4.78 is 41.6. The minimum Gasteiger partial charge on any atom is -0.490 e. The number of nitrogens with zero attached hydrogens (tertiary/aromatic N) is 2. The second-order valence-electron chi connectivity index (χ2n) is 12.8. The molecule has 49 heavy (non-hydrogen) atoms. The van der Waals surface area contributed by atoms with Crippen LogP contribution in [0.5, 0.6) is 5.75 Å². The van der Waals surface area contributed by atoms with Crippen LogP contribution in [0.25, 0.3) is 0 Å². The lowest BCUT2D eigenvalue weighted by Gasteiger charge is -2.36. The van der Waals surface area contributed by atoms with Gasteiger partial charge in [-0.2, -0.15) is 0 Å². The van der Waals surface area contributed by atoms with Crippen LogP contribution in [0.3, 0.4) is 0 Å². The summed E-state index contributed by atoms with van der Waals surface area (Å²) in [6.07, 6.45) is 1.86. The van der Waals surface area contributed by atoms with Gasteiger partial charge >= 0.3 is 5.97 Å². The van der Waals surface area contributed by atoms with Gasteiger partial charge in [-0.1, -0.05) is 30.7 Å². The third-order valence-corrected chi connectivity index (χ3v) is 10.2. The fourth-order valence-electron chi connectivity index (χ4n) is 5.71. The van der Waals surface area contributed by atoms with E-state index in [0.717, 1.165) is 18.4 Å². The highest BCUT2D eigenvalue weighted by molar-refractivity contribution is 7.92. The molecule has 1 heterocycles. The van der Waals surface area contributed by atoms with Crippen molar-refractivity contribution < 1.29 is 37.7 Å². The fourth-order valence-corrected chi connectivity index (χ4v) is 6.89. The number of anilines is 1. The van der Waals surface area contributed by atoms with Gasteiger partial charge in [0.15, 0.2) is 0 Å². The number of rotatable bonds is 10. The van der Waals surface area contributed by atoms with Gasteiger partial charge in [0, 0.05) is 42.9 Å². The number of sulfonamides is 1. The Kier molecular flexibility index (Phi) is 13.5. The van der Waals surface area contributed by atoms with Crippen molar-refractivity contribution in [2.45, 2.75) is 69.7 Å². The number of amides is 1. The molecule has 0 saturated heterocycles. The number of aromatic carboxylic acids is 1. The van der Waals surface area contributed by atoms with Crippen LogP contribution < -0.4 is 9.46 Å². The zero-order valence-electron chi connectivity index (χ0n) is 28.3. The van der Waals surface area contributed by atoms with E-state index in [9.17, 15) is 28.2 Å². The van der Waals surface area contributed by atoms with Crippen LogP contribution in [0, 0.1) is 5.92 Å². The summed E-state index contributed by atoms with van der Waals surface area (Å²) in [5.41, 5.74) is 1.54. The molecule has 11 nitrogen and oxygen atoms in total. The molecule has 1 aliphatic rings. The lowest BCUT2D eigenvalue weighted by molar-refractivity contribution is -0.0177. The van der Waals surface area contributed by atoms with E-state index in [0.29, 0.717) is 36.9 Å². The molecule has 3 aromatic rings. The van der Waals surface area contributed by atoms with E-state index >= 15 is 0 Å². The predicted octanol–water partition coefficient (Wildman–Crippen LogP) is 5.77. The lowest BCUT2D eigenvalue weighted by Crippen LogP contribution is -2.47. The molecule has 4 rings (SSSR count). The molecule has 0 spiro atoms. The maximum atomic E-state index is 14.4. The van der Waals surface area contributed by atoms with Gasteiger partial charge in [0.05, 0.1) is 40.9 Å². The number of ether oxygens (including phenoxy) is 2. The number of likely N-dealkylation sites (N-methyl/N-ethyl adjacent to an activating group) is 1. The van der Waals surface area contributed by atoms with Crippen molar-refractivity contribution in [2.75, 3.05) is 38.1 Å². The van der Waals surface area contributed by atoms with Gasteiger partial charge in [0.2, 0.25) is 0 Å². The summed E-state index contributed by atoms with van der Waals surface area (Å²) in [5, 5.41) is 19.9. The Bertz CT molecular complexity index is 1670. The summed E-state index contributed by atoms with van der Waals surface area (Å²) >= 11 is 5.95. The maximum absolute atomic E-state index is 14.4. The lowest BCUT2D eigenvalue weighted by atomic mass is 10.0. The first kappa shape index (κ1) is 38.1. The van der Waals surface area contributed by atoms with E-state index < -0.39 is 27.9 Å². The molecule has 1 amide bonds. The first-order valence-electron chi connectivity index (χ1n) is 16.4. The maximum Gasteiger partial charge on any atom is 0.335 e. The largest absolute Gasteiger partial charge is 0.490 e. The quantitative estimate of drug-likeness (QED) is 0.238. The van der Waals surface area contributed by atoms with E-state index in [1.54, 1.807) is 48.2 Å². The van der Waals surface area contributed by atoms with Gasteiger partial charge in [-0.25, -0.2) is 13.2 Å². The monoisotopic (exact) mass is 715 g/mol. The first-order chi connectivity index (χ1) is 23.3. The van der Waals surface area contributed by atoms with E-state index in [4.69, 9.17) is 21.1 Å². The van der Waals surface area contributed by atoms with Crippen LogP contribution in [-0.4, -0.2) is 91.9 Å². The number of nitrogens with one attached hydrogen (secondary N) is 1. The molecule has 0 aromatic heterocycles. The predicted molar refractivity (Wildman–Crippen MR) is 189 cm³/mol. The molecule has 0 radical (unpaired) electrons. The van der Waals surface area contributed by atoms with Crippen molar-refractivity contribution in [1.82, 2.24) is 9.80 Å². The molecule has 0 unspecified atom stereocenters. The SMILES string of the molecule is C[C@@H]1CCCCO[C@@H](CN(C)Cc2ccc(C(=O)O)cc2)[C@@H](C)CN([C@H](C)CO)C(=O)c2cc(NS(=O)(=O)c3ccc(Cl)cc3)ccc2O1. The van der Waals surface area contributed by atoms with Crippen molar-refractivity contribution >= 4 is 39.2 Å². The molecule has 4 atom stereocenters. The summed E-state index contributed by atoms with van der Waals surface area (Å²) in [6.45, 7) is 7.30. The minimum absolute atomic E-state index is 0.0193. The second kappa shape index (κ2) is 17.3. The minimum atomic E-state index is -3.99. The van der Waals surface area contributed by atoms with Crippen molar-refractivity contribution in [1.29, 1.82) is 0 Å². The van der Waals surface area contributed by atoms with Crippen LogP contribution in [0.1, 0.15) is 66.3 Å². The molecule has 13 heteroatoms. The summed E-state index contributed by atoms with van der Waals surface area (Å²) in [6, 6.07) is 16.6. The van der Waals surface area contributed by atoms with Gasteiger partial charge < -0.3 is 24.6 Å². The number of hydrogen-bond acceptors (Lipinski definition) is 8. The zero-order chi connectivity index (χ0) is 35.7. The Morgan fingerprint density at radius 1 is 1.08 bits per heavy atom. The van der Waals surface area contributed by atoms with Gasteiger partial charge in [0.1, 0.15) is 5.75 Å². The topological polar surface area (TPSA) is 146 Å². The molecule has 0 saturated carbocycles. The Hall–Kier alpha value is -3.68. The summed E-state index contributed by atoms with van der Waals surface area (Å²) in [5.74, 6) is -1.22. The molecule has 266 valence electrons. The zero-order valence-corrected chi connectivity index (χ0v) is 29.9. The highest BCUT2D eigenvalue weighted by Gasteiger charge is 2.31. The van der Waals surface area contributed by atoms with E-state index in [1.807, 2.05) is 20.9 Å². The summed E-state index contributed by atoms with van der Waals surface area (Å²) in [7, 11) is -2.02. The number of hydrogen-bond donors (Lipinski definition) is 3. The standard InChI is InChI=1S/C36H46ClN3O8S/c1-24-20-40(25(2)23-41)35(42)32-19-30(38-49(45,46)31-15-12-29(37)13-16-31)14-17-33(32)48-26(3)7-5-6-18-47-34(24)22-39(4)21-27-8-10-28(11-9-27)36(43)44/h8-17,19,24-26,34,38,41H,5-7,18,20-23H2,1-4H3,(H,43,44)/t24-,25+,26+,34-/m0/s1. The number of carbonyl (C=O) groups is 2. The number of carboxylic acids is 1. The molecular weight excluding hydrogens is 670 g/mol. The van der Waals surface area contributed by atoms with Crippen LogP contribution in [0.4, 0.5) is 5.69 Å². The van der Waals surface area contributed by atoms with E-state index in [2.05, 4.69) is 9.62 Å². The average molecular weight is 716 g/mol. The third-order valence-electron chi connectivity index (χ3n) is 8.57. The summed E-state index contributed by atoms with van der Waals surface area (Å²) in [4.78, 5) is 29.4. The average Bonchev–Trinajstić information content (AvgIpc) is 3.06. The van der Waals surface area contributed by atoms with Gasteiger partial charge in [-0.05, 0) is 100 Å².